The van der Waals surface area contributed by atoms with Crippen LogP contribution in [0.15, 0.2) is 36.5 Å². The third kappa shape index (κ3) is 2.84. The van der Waals surface area contributed by atoms with Crippen LogP contribution in [0.25, 0.3) is 0 Å². The number of ether oxygens (including phenoxy) is 1. The van der Waals surface area contributed by atoms with Crippen molar-refractivity contribution in [2.75, 3.05) is 7.11 Å². The molecule has 84 valence electrons. The van der Waals surface area contributed by atoms with Gasteiger partial charge >= 0.3 is 0 Å². The predicted molar refractivity (Wildman–Crippen MR) is 62.1 cm³/mol. The SMILES string of the molecule is COc1cccc(CNCc2ccn[nH]2)c1. The van der Waals surface area contributed by atoms with Crippen LogP contribution in [0, 0.1) is 0 Å². The lowest BCUT2D eigenvalue weighted by molar-refractivity contribution is 0.414. The van der Waals surface area contributed by atoms with E-state index in [1.807, 2.05) is 24.3 Å². The predicted octanol–water partition coefficient (Wildman–Crippen LogP) is 1.71. The number of rotatable bonds is 5. The molecule has 0 aliphatic carbocycles. The van der Waals surface area contributed by atoms with E-state index in [1.54, 1.807) is 13.3 Å². The fraction of sp³-hybridized carbons (Fsp3) is 0.250. The van der Waals surface area contributed by atoms with Gasteiger partial charge in [-0.25, -0.2) is 0 Å². The number of methoxy groups -OCH3 is 1. The molecule has 0 saturated heterocycles. The highest BCUT2D eigenvalue weighted by molar-refractivity contribution is 5.28. The second-order valence-corrected chi connectivity index (χ2v) is 3.54. The summed E-state index contributed by atoms with van der Waals surface area (Å²) in [4.78, 5) is 0. The molecule has 0 radical (unpaired) electrons. The second-order valence-electron chi connectivity index (χ2n) is 3.54. The normalized spacial score (nSPS) is 10.3. The van der Waals surface area contributed by atoms with E-state index >= 15 is 0 Å². The van der Waals surface area contributed by atoms with Crippen LogP contribution in [0.1, 0.15) is 11.3 Å². The first kappa shape index (κ1) is 10.7. The highest BCUT2D eigenvalue weighted by atomic mass is 16.5. The van der Waals surface area contributed by atoms with Crippen LogP contribution in [-0.4, -0.2) is 17.3 Å². The van der Waals surface area contributed by atoms with Gasteiger partial charge in [0.1, 0.15) is 5.75 Å². The lowest BCUT2D eigenvalue weighted by Crippen LogP contribution is -2.12. The summed E-state index contributed by atoms with van der Waals surface area (Å²) >= 11 is 0. The van der Waals surface area contributed by atoms with E-state index in [4.69, 9.17) is 4.74 Å². The molecule has 0 spiro atoms. The first-order chi connectivity index (χ1) is 7.88. The lowest BCUT2D eigenvalue weighted by Gasteiger charge is -2.05. The van der Waals surface area contributed by atoms with Crippen molar-refractivity contribution >= 4 is 0 Å². The van der Waals surface area contributed by atoms with E-state index in [9.17, 15) is 0 Å². The van der Waals surface area contributed by atoms with Crippen molar-refractivity contribution in [1.82, 2.24) is 15.5 Å². The largest absolute Gasteiger partial charge is 0.497 e. The van der Waals surface area contributed by atoms with Crippen LogP contribution in [-0.2, 0) is 13.1 Å². The Morgan fingerprint density at radius 2 is 2.25 bits per heavy atom. The van der Waals surface area contributed by atoms with Gasteiger partial charge in [0, 0.05) is 25.0 Å². The van der Waals surface area contributed by atoms with Crippen LogP contribution in [0.3, 0.4) is 0 Å². The van der Waals surface area contributed by atoms with Crippen molar-refractivity contribution in [2.24, 2.45) is 0 Å². The molecular formula is C12H15N3O. The monoisotopic (exact) mass is 217 g/mol. The van der Waals surface area contributed by atoms with Gasteiger partial charge in [-0.3, -0.25) is 5.10 Å². The minimum absolute atomic E-state index is 0.789. The van der Waals surface area contributed by atoms with Crippen molar-refractivity contribution in [3.05, 3.63) is 47.8 Å². The Balaban J connectivity index is 1.85. The first-order valence-corrected chi connectivity index (χ1v) is 5.20. The molecule has 2 rings (SSSR count). The molecule has 4 heteroatoms. The molecule has 16 heavy (non-hydrogen) atoms. The molecule has 1 heterocycles. The molecule has 0 saturated carbocycles. The Kier molecular flexibility index (Phi) is 3.56. The van der Waals surface area contributed by atoms with Gasteiger partial charge < -0.3 is 10.1 Å². The summed E-state index contributed by atoms with van der Waals surface area (Å²) in [5.41, 5.74) is 2.29. The summed E-state index contributed by atoms with van der Waals surface area (Å²) in [5.74, 6) is 0.890. The average Bonchev–Trinajstić information content (AvgIpc) is 2.82. The molecule has 0 fully saturated rings. The van der Waals surface area contributed by atoms with Crippen LogP contribution >= 0.6 is 0 Å². The van der Waals surface area contributed by atoms with Gasteiger partial charge in [-0.2, -0.15) is 5.10 Å². The van der Waals surface area contributed by atoms with Gasteiger partial charge in [-0.05, 0) is 23.8 Å². The van der Waals surface area contributed by atoms with Gasteiger partial charge in [0.05, 0.1) is 7.11 Å². The molecule has 2 aromatic rings. The third-order valence-electron chi connectivity index (χ3n) is 2.34. The van der Waals surface area contributed by atoms with E-state index < -0.39 is 0 Å². The maximum absolute atomic E-state index is 5.16. The molecule has 0 amide bonds. The van der Waals surface area contributed by atoms with Gasteiger partial charge in [0.2, 0.25) is 0 Å². The smallest absolute Gasteiger partial charge is 0.119 e. The highest BCUT2D eigenvalue weighted by Gasteiger charge is 1.96. The van der Waals surface area contributed by atoms with E-state index in [0.29, 0.717) is 0 Å². The number of hydrogen-bond acceptors (Lipinski definition) is 3. The number of benzene rings is 1. The first-order valence-electron chi connectivity index (χ1n) is 5.20. The van der Waals surface area contributed by atoms with Crippen molar-refractivity contribution < 1.29 is 4.74 Å². The summed E-state index contributed by atoms with van der Waals surface area (Å²) in [6.45, 7) is 1.60. The van der Waals surface area contributed by atoms with Crippen LogP contribution in [0.5, 0.6) is 5.75 Å². The Hall–Kier alpha value is -1.81. The zero-order valence-corrected chi connectivity index (χ0v) is 9.23. The quantitative estimate of drug-likeness (QED) is 0.801. The molecule has 1 aromatic heterocycles. The number of hydrogen-bond donors (Lipinski definition) is 2. The molecule has 0 unspecified atom stereocenters. The third-order valence-corrected chi connectivity index (χ3v) is 2.34. The van der Waals surface area contributed by atoms with Crippen LogP contribution in [0.2, 0.25) is 0 Å². The van der Waals surface area contributed by atoms with E-state index in [2.05, 4.69) is 21.6 Å². The second kappa shape index (κ2) is 5.32. The van der Waals surface area contributed by atoms with E-state index in [-0.39, 0.29) is 0 Å². The van der Waals surface area contributed by atoms with Gasteiger partial charge in [-0.1, -0.05) is 12.1 Å². The van der Waals surface area contributed by atoms with E-state index in [0.717, 1.165) is 24.5 Å². The Labute approximate surface area is 94.6 Å². The van der Waals surface area contributed by atoms with Crippen molar-refractivity contribution in [3.63, 3.8) is 0 Å². The molecule has 0 bridgehead atoms. The maximum atomic E-state index is 5.16. The fourth-order valence-electron chi connectivity index (χ4n) is 1.51. The molecule has 1 aromatic carbocycles. The van der Waals surface area contributed by atoms with Crippen molar-refractivity contribution in [1.29, 1.82) is 0 Å². The van der Waals surface area contributed by atoms with Crippen LogP contribution in [0.4, 0.5) is 0 Å². The Bertz CT molecular complexity index is 426. The van der Waals surface area contributed by atoms with Crippen molar-refractivity contribution in [2.45, 2.75) is 13.1 Å². The lowest BCUT2D eigenvalue weighted by atomic mass is 10.2. The number of aromatic nitrogens is 2. The number of H-pyrrole nitrogens is 1. The van der Waals surface area contributed by atoms with E-state index in [1.165, 1.54) is 5.56 Å². The maximum Gasteiger partial charge on any atom is 0.119 e. The molecule has 2 N–H and O–H groups in total. The summed E-state index contributed by atoms with van der Waals surface area (Å²) in [6.07, 6.45) is 1.75. The number of nitrogens with one attached hydrogen (secondary N) is 2. The zero-order chi connectivity index (χ0) is 11.2. The number of aromatic amines is 1. The number of nitrogens with zero attached hydrogens (tertiary/aromatic N) is 1. The Morgan fingerprint density at radius 3 is 3.00 bits per heavy atom. The molecule has 0 aliphatic heterocycles. The molecule has 4 nitrogen and oxygen atoms in total. The average molecular weight is 217 g/mol. The molecule has 0 atom stereocenters. The van der Waals surface area contributed by atoms with Crippen LogP contribution < -0.4 is 10.1 Å². The van der Waals surface area contributed by atoms with Crippen molar-refractivity contribution in [3.8, 4) is 5.75 Å². The van der Waals surface area contributed by atoms with Gasteiger partial charge in [0.25, 0.3) is 0 Å². The van der Waals surface area contributed by atoms with Gasteiger partial charge in [0.15, 0.2) is 0 Å². The summed E-state index contributed by atoms with van der Waals surface area (Å²) in [5, 5.41) is 10.1. The highest BCUT2D eigenvalue weighted by Crippen LogP contribution is 2.12. The standard InChI is InChI=1S/C12H15N3O/c1-16-12-4-2-3-10(7-12)8-13-9-11-5-6-14-15-11/h2-7,13H,8-9H2,1H3,(H,14,15). The summed E-state index contributed by atoms with van der Waals surface area (Å²) < 4.78 is 5.16. The zero-order valence-electron chi connectivity index (χ0n) is 9.23. The Morgan fingerprint density at radius 1 is 1.31 bits per heavy atom. The fourth-order valence-corrected chi connectivity index (χ4v) is 1.51. The molecular weight excluding hydrogens is 202 g/mol. The molecule has 0 aliphatic rings. The minimum atomic E-state index is 0.789. The summed E-state index contributed by atoms with van der Waals surface area (Å²) in [7, 11) is 1.68. The topological polar surface area (TPSA) is 49.9 Å². The summed E-state index contributed by atoms with van der Waals surface area (Å²) in [6, 6.07) is 9.99. The minimum Gasteiger partial charge on any atom is -0.497 e. The van der Waals surface area contributed by atoms with Gasteiger partial charge in [-0.15, -0.1) is 0 Å².